The first-order chi connectivity index (χ1) is 23.1. The van der Waals surface area contributed by atoms with Crippen molar-refractivity contribution in [1.29, 1.82) is 0 Å². The summed E-state index contributed by atoms with van der Waals surface area (Å²) >= 11 is 0. The zero-order chi connectivity index (χ0) is 37.5. The molecule has 0 unspecified atom stereocenters. The Morgan fingerprint density at radius 1 is 0.780 bits per heavy atom. The van der Waals surface area contributed by atoms with Crippen LogP contribution in [-0.2, 0) is 19.1 Å². The monoisotopic (exact) mass is 684 g/mol. The van der Waals surface area contributed by atoms with Crippen LogP contribution >= 0.6 is 0 Å². The lowest BCUT2D eigenvalue weighted by Crippen LogP contribution is -2.48. The maximum Gasteiger partial charge on any atom is 0.302 e. The molecule has 2 N–H and O–H groups in total. The molecule has 3 fully saturated rings. The maximum absolute atomic E-state index is 13.1. The summed E-state index contributed by atoms with van der Waals surface area (Å²) in [6.07, 6.45) is 27.5. The van der Waals surface area contributed by atoms with Crippen molar-refractivity contribution >= 4 is 11.8 Å². The highest BCUT2D eigenvalue weighted by atomic mass is 16.6. The number of allylic oxidation sites excluding steroid dienone is 16. The van der Waals surface area contributed by atoms with Crippen LogP contribution in [0.4, 0.5) is 0 Å². The first kappa shape index (κ1) is 40.9. The first-order valence-electron chi connectivity index (χ1n) is 17.8. The number of hydrogen-bond acceptors (Lipinski definition) is 6. The molecule has 50 heavy (non-hydrogen) atoms. The number of aliphatic hydroxyl groups is 2. The fourth-order valence-electron chi connectivity index (χ4n) is 7.89. The van der Waals surface area contributed by atoms with Crippen LogP contribution in [0.2, 0.25) is 0 Å². The molecular formula is C44H60O6. The van der Waals surface area contributed by atoms with Crippen molar-refractivity contribution in [3.05, 3.63) is 113 Å². The van der Waals surface area contributed by atoms with Gasteiger partial charge in [0.05, 0.1) is 17.3 Å². The summed E-state index contributed by atoms with van der Waals surface area (Å²) in [6.45, 7) is 21.4. The summed E-state index contributed by atoms with van der Waals surface area (Å²) < 4.78 is 11.6. The lowest BCUT2D eigenvalue weighted by molar-refractivity contribution is -0.152. The Hall–Kier alpha value is -3.54. The van der Waals surface area contributed by atoms with Gasteiger partial charge in [-0.3, -0.25) is 9.59 Å². The minimum absolute atomic E-state index is 0.0835. The molecule has 0 spiro atoms. The molecule has 6 heteroatoms. The largest absolute Gasteiger partial charge is 0.462 e. The molecule has 6 nitrogen and oxygen atoms in total. The zero-order valence-corrected chi connectivity index (χ0v) is 32.2. The molecule has 0 aromatic heterocycles. The Morgan fingerprint density at radius 3 is 1.88 bits per heavy atom. The van der Waals surface area contributed by atoms with Crippen LogP contribution < -0.4 is 0 Å². The standard InChI is InChI=1S/C44H60O6/c1-31(20-16-21-33(3)24-25-39-40(6,7)28-37(49-35(5)45)29-42(39,10)48)18-14-12-13-15-19-32(2)22-17-23-34(4)38(47)30-44-41(8,9)26-36(46)27-43(44,11)50-44/h12-24,36-37,46,48H,26-30H2,1-11H3/b14-12+,15-13+,20-16+,22-17+,31-18+,32-19+,33-21+,34-23+/t25?,36-,37-,42+,43+,44-/m0/s1. The summed E-state index contributed by atoms with van der Waals surface area (Å²) in [5.74, 6) is -0.242. The molecule has 0 aromatic carbocycles. The fourth-order valence-corrected chi connectivity index (χ4v) is 7.89. The molecule has 3 aliphatic rings. The third-order valence-corrected chi connectivity index (χ3v) is 10.4. The number of hydrogen-bond donors (Lipinski definition) is 2. The number of fused-ring (bicyclic) bond motifs is 1. The van der Waals surface area contributed by atoms with Gasteiger partial charge in [-0.2, -0.15) is 0 Å². The average molecular weight is 685 g/mol. The van der Waals surface area contributed by atoms with Gasteiger partial charge in [-0.1, -0.05) is 112 Å². The average Bonchev–Trinajstić information content (AvgIpc) is 3.57. The lowest BCUT2D eigenvalue weighted by atomic mass is 9.61. The molecule has 3 rings (SSSR count). The highest BCUT2D eigenvalue weighted by Crippen LogP contribution is 2.67. The SMILES string of the molecule is CC(=O)O[C@H]1CC(C)(C)C(=C=C/C(C)=C/C=C/C(C)=C/C=C/C=C/C=C(C)/C=C/C=C(\C)C(=O)C[C@@]23O[C@]2(C)C[C@@H](O)CC3(C)C)[C@](C)(O)C1. The van der Waals surface area contributed by atoms with E-state index in [0.717, 1.165) is 22.3 Å². The molecule has 0 amide bonds. The van der Waals surface area contributed by atoms with E-state index in [1.165, 1.54) is 6.92 Å². The van der Waals surface area contributed by atoms with Crippen LogP contribution in [-0.4, -0.2) is 51.0 Å². The molecule has 5 atom stereocenters. The summed E-state index contributed by atoms with van der Waals surface area (Å²) in [6, 6.07) is 0. The van der Waals surface area contributed by atoms with E-state index in [9.17, 15) is 19.8 Å². The van der Waals surface area contributed by atoms with E-state index >= 15 is 0 Å². The highest BCUT2D eigenvalue weighted by molar-refractivity contribution is 5.96. The van der Waals surface area contributed by atoms with Crippen molar-refractivity contribution in [2.24, 2.45) is 10.8 Å². The number of rotatable bonds is 12. The van der Waals surface area contributed by atoms with Crippen LogP contribution in [0.15, 0.2) is 113 Å². The van der Waals surface area contributed by atoms with Gasteiger partial charge >= 0.3 is 5.97 Å². The van der Waals surface area contributed by atoms with Gasteiger partial charge in [-0.15, -0.1) is 5.73 Å². The maximum atomic E-state index is 13.1. The second kappa shape index (κ2) is 16.2. The normalized spacial score (nSPS) is 31.7. The molecule has 2 saturated carbocycles. The molecule has 272 valence electrons. The molecule has 0 radical (unpaired) electrons. The first-order valence-corrected chi connectivity index (χ1v) is 17.8. The van der Waals surface area contributed by atoms with Crippen LogP contribution in [0.1, 0.15) is 108 Å². The molecule has 0 bridgehead atoms. The summed E-state index contributed by atoms with van der Waals surface area (Å²) in [7, 11) is 0. The van der Waals surface area contributed by atoms with Gasteiger partial charge in [0.15, 0.2) is 5.78 Å². The minimum Gasteiger partial charge on any atom is -0.462 e. The van der Waals surface area contributed by atoms with E-state index in [4.69, 9.17) is 9.47 Å². The number of epoxide rings is 1. The molecule has 1 heterocycles. The van der Waals surface area contributed by atoms with E-state index in [1.807, 2.05) is 127 Å². The Morgan fingerprint density at radius 2 is 1.34 bits per heavy atom. The van der Waals surface area contributed by atoms with Crippen LogP contribution in [0.25, 0.3) is 0 Å². The molecule has 2 aliphatic carbocycles. The van der Waals surface area contributed by atoms with E-state index in [0.29, 0.717) is 37.7 Å². The van der Waals surface area contributed by atoms with E-state index < -0.39 is 16.8 Å². The van der Waals surface area contributed by atoms with Gasteiger partial charge in [0.25, 0.3) is 0 Å². The topological polar surface area (TPSA) is 96.4 Å². The second-order valence-electron chi connectivity index (χ2n) is 16.2. The van der Waals surface area contributed by atoms with Gasteiger partial charge in [0.1, 0.15) is 11.7 Å². The summed E-state index contributed by atoms with van der Waals surface area (Å²) in [5, 5.41) is 21.4. The number of aliphatic hydroxyl groups excluding tert-OH is 1. The predicted molar refractivity (Wildman–Crippen MR) is 203 cm³/mol. The van der Waals surface area contributed by atoms with Crippen LogP contribution in [0, 0.1) is 10.8 Å². The molecular weight excluding hydrogens is 624 g/mol. The third-order valence-electron chi connectivity index (χ3n) is 10.4. The quantitative estimate of drug-likeness (QED) is 0.0700. The van der Waals surface area contributed by atoms with E-state index in [2.05, 4.69) is 19.6 Å². The highest BCUT2D eigenvalue weighted by Gasteiger charge is 2.76. The zero-order valence-electron chi connectivity index (χ0n) is 32.2. The Kier molecular flexibility index (Phi) is 13.3. The van der Waals surface area contributed by atoms with Gasteiger partial charge in [0, 0.05) is 31.8 Å². The van der Waals surface area contributed by atoms with Crippen LogP contribution in [0.5, 0.6) is 0 Å². The van der Waals surface area contributed by atoms with Crippen molar-refractivity contribution in [2.45, 2.75) is 137 Å². The van der Waals surface area contributed by atoms with E-state index in [-0.39, 0.29) is 34.8 Å². The number of ether oxygens (including phenoxy) is 2. The molecule has 1 saturated heterocycles. The van der Waals surface area contributed by atoms with Crippen molar-refractivity contribution in [1.82, 2.24) is 0 Å². The van der Waals surface area contributed by atoms with Crippen molar-refractivity contribution in [3.8, 4) is 0 Å². The number of carbonyl (C=O) groups is 2. The number of esters is 1. The molecule has 0 aromatic rings. The Labute approximate surface area is 301 Å². The van der Waals surface area contributed by atoms with Crippen molar-refractivity contribution in [3.63, 3.8) is 0 Å². The number of ketones is 1. The Balaban J connectivity index is 1.50. The Bertz CT molecular complexity index is 1590. The van der Waals surface area contributed by atoms with Crippen molar-refractivity contribution in [2.75, 3.05) is 0 Å². The van der Waals surface area contributed by atoms with Gasteiger partial charge in [0.2, 0.25) is 0 Å². The van der Waals surface area contributed by atoms with Gasteiger partial charge < -0.3 is 19.7 Å². The summed E-state index contributed by atoms with van der Waals surface area (Å²) in [5.41, 5.74) is 5.38. The third kappa shape index (κ3) is 10.5. The van der Waals surface area contributed by atoms with Gasteiger partial charge in [-0.05, 0) is 82.4 Å². The van der Waals surface area contributed by atoms with Gasteiger partial charge in [-0.25, -0.2) is 0 Å². The van der Waals surface area contributed by atoms with Crippen molar-refractivity contribution < 1.29 is 29.3 Å². The minimum atomic E-state index is -1.10. The summed E-state index contributed by atoms with van der Waals surface area (Å²) in [4.78, 5) is 24.5. The smallest absolute Gasteiger partial charge is 0.302 e. The predicted octanol–water partition coefficient (Wildman–Crippen LogP) is 9.25. The molecule has 1 aliphatic heterocycles. The van der Waals surface area contributed by atoms with E-state index in [1.54, 1.807) is 6.92 Å². The second-order valence-corrected chi connectivity index (χ2v) is 16.2. The lowest BCUT2D eigenvalue weighted by Gasteiger charge is -2.44. The number of Topliss-reactive ketones (excluding diaryl/α,β-unsaturated/α-hetero) is 1. The fraction of sp³-hybridized carbons (Fsp3) is 0.523. The number of carbonyl (C=O) groups excluding carboxylic acids is 2. The van der Waals surface area contributed by atoms with Crippen LogP contribution in [0.3, 0.4) is 0 Å².